The fraction of sp³-hybridized carbons (Fsp3) is 0.643. The number of carbonyl (C=O) groups excluding carboxylic acids is 2. The minimum Gasteiger partial charge on any atom is -0.358 e. The van der Waals surface area contributed by atoms with Crippen molar-refractivity contribution >= 4 is 17.6 Å². The Labute approximate surface area is 139 Å². The van der Waals surface area contributed by atoms with Crippen LogP contribution in [0.5, 0.6) is 0 Å². The molecular formula is C14H22N6O4. The van der Waals surface area contributed by atoms with Crippen molar-refractivity contribution in [2.75, 3.05) is 19.6 Å². The molecule has 1 fully saturated rings. The van der Waals surface area contributed by atoms with E-state index in [1.165, 1.54) is 16.9 Å². The van der Waals surface area contributed by atoms with Crippen molar-refractivity contribution < 1.29 is 14.5 Å². The predicted molar refractivity (Wildman–Crippen MR) is 84.9 cm³/mol. The number of aromatic nitrogens is 2. The first-order valence-corrected chi connectivity index (χ1v) is 7.95. The molecule has 24 heavy (non-hydrogen) atoms. The lowest BCUT2D eigenvalue weighted by molar-refractivity contribution is -0.389. The van der Waals surface area contributed by atoms with Crippen LogP contribution < -0.4 is 11.1 Å². The van der Waals surface area contributed by atoms with E-state index in [0.29, 0.717) is 13.1 Å². The van der Waals surface area contributed by atoms with Gasteiger partial charge in [-0.2, -0.15) is 4.68 Å². The maximum atomic E-state index is 12.5. The van der Waals surface area contributed by atoms with Gasteiger partial charge in [-0.3, -0.25) is 9.59 Å². The van der Waals surface area contributed by atoms with Crippen molar-refractivity contribution in [1.82, 2.24) is 20.0 Å². The van der Waals surface area contributed by atoms with Crippen molar-refractivity contribution in [3.8, 4) is 0 Å². The summed E-state index contributed by atoms with van der Waals surface area (Å²) in [6.45, 7) is 1.24. The van der Waals surface area contributed by atoms with Gasteiger partial charge in [0.05, 0.1) is 17.4 Å². The van der Waals surface area contributed by atoms with E-state index in [-0.39, 0.29) is 43.2 Å². The highest BCUT2D eigenvalue weighted by molar-refractivity contribution is 5.77. The summed E-state index contributed by atoms with van der Waals surface area (Å²) < 4.78 is 1.26. The maximum absolute atomic E-state index is 12.5. The molecule has 1 saturated heterocycles. The minimum absolute atomic E-state index is 0.0545. The van der Waals surface area contributed by atoms with Gasteiger partial charge in [0.15, 0.2) is 0 Å². The molecule has 1 atom stereocenters. The van der Waals surface area contributed by atoms with E-state index in [2.05, 4.69) is 10.4 Å². The number of rotatable bonds is 7. The third-order valence-corrected chi connectivity index (χ3v) is 3.96. The fourth-order valence-electron chi connectivity index (χ4n) is 2.76. The summed E-state index contributed by atoms with van der Waals surface area (Å²) in [5, 5.41) is 17.2. The Morgan fingerprint density at radius 1 is 1.46 bits per heavy atom. The number of nitrogens with zero attached hydrogens (tertiary/aromatic N) is 4. The Morgan fingerprint density at radius 2 is 2.25 bits per heavy atom. The molecule has 0 saturated carbocycles. The monoisotopic (exact) mass is 338 g/mol. The Bertz CT molecular complexity index is 602. The number of amides is 2. The van der Waals surface area contributed by atoms with Gasteiger partial charge in [0.1, 0.15) is 6.54 Å². The van der Waals surface area contributed by atoms with Gasteiger partial charge in [-0.05, 0) is 24.2 Å². The molecule has 0 aliphatic carbocycles. The van der Waals surface area contributed by atoms with Crippen LogP contribution >= 0.6 is 0 Å². The Balaban J connectivity index is 1.93. The smallest absolute Gasteiger partial charge is 0.358 e. The number of piperidine rings is 1. The van der Waals surface area contributed by atoms with Gasteiger partial charge in [-0.15, -0.1) is 0 Å². The van der Waals surface area contributed by atoms with E-state index >= 15 is 0 Å². The quantitative estimate of drug-likeness (QED) is 0.514. The van der Waals surface area contributed by atoms with Gasteiger partial charge >= 0.3 is 5.82 Å². The Kier molecular flexibility index (Phi) is 6.24. The van der Waals surface area contributed by atoms with Gasteiger partial charge in [-0.1, -0.05) is 0 Å². The number of nitrogens with two attached hydrogens (primary N) is 1. The lowest BCUT2D eigenvalue weighted by Crippen LogP contribution is -2.50. The normalized spacial score (nSPS) is 17.5. The fourth-order valence-corrected chi connectivity index (χ4v) is 2.76. The van der Waals surface area contributed by atoms with Crippen LogP contribution in [0.1, 0.15) is 25.7 Å². The van der Waals surface area contributed by atoms with E-state index in [4.69, 9.17) is 5.73 Å². The first kappa shape index (κ1) is 17.9. The van der Waals surface area contributed by atoms with Crippen LogP contribution in [0.3, 0.4) is 0 Å². The summed E-state index contributed by atoms with van der Waals surface area (Å²) in [7, 11) is 0. The SMILES string of the molecule is NCCC(=O)NCC1CCCCN1C(=O)Cn1ccc([N+](=O)[O-])n1. The molecule has 0 radical (unpaired) electrons. The second-order valence-electron chi connectivity index (χ2n) is 5.71. The summed E-state index contributed by atoms with van der Waals surface area (Å²) in [5.41, 5.74) is 5.34. The second kappa shape index (κ2) is 8.39. The number of likely N-dealkylation sites (tertiary alicyclic amines) is 1. The average Bonchev–Trinajstić information content (AvgIpc) is 3.02. The zero-order chi connectivity index (χ0) is 17.5. The molecule has 3 N–H and O–H groups in total. The topological polar surface area (TPSA) is 136 Å². The highest BCUT2D eigenvalue weighted by Crippen LogP contribution is 2.17. The second-order valence-corrected chi connectivity index (χ2v) is 5.71. The van der Waals surface area contributed by atoms with E-state index < -0.39 is 4.92 Å². The summed E-state index contributed by atoms with van der Waals surface area (Å²) in [4.78, 5) is 35.8. The first-order chi connectivity index (χ1) is 11.5. The van der Waals surface area contributed by atoms with Crippen LogP contribution in [0.25, 0.3) is 0 Å². The molecule has 10 nitrogen and oxygen atoms in total. The summed E-state index contributed by atoms with van der Waals surface area (Å²) in [6.07, 6.45) is 4.39. The molecular weight excluding hydrogens is 316 g/mol. The van der Waals surface area contributed by atoms with Crippen LogP contribution in [-0.2, 0) is 16.1 Å². The highest BCUT2D eigenvalue weighted by Gasteiger charge is 2.28. The molecule has 1 aliphatic heterocycles. The number of nitro groups is 1. The third-order valence-electron chi connectivity index (χ3n) is 3.96. The largest absolute Gasteiger partial charge is 0.389 e. The van der Waals surface area contributed by atoms with Crippen molar-refractivity contribution in [2.45, 2.75) is 38.3 Å². The van der Waals surface area contributed by atoms with Crippen LogP contribution in [0, 0.1) is 10.1 Å². The molecule has 2 heterocycles. The molecule has 1 unspecified atom stereocenters. The van der Waals surface area contributed by atoms with Crippen molar-refractivity contribution in [3.63, 3.8) is 0 Å². The highest BCUT2D eigenvalue weighted by atomic mass is 16.6. The van der Waals surface area contributed by atoms with Gasteiger partial charge in [-0.25, -0.2) is 0 Å². The first-order valence-electron chi connectivity index (χ1n) is 7.95. The predicted octanol–water partition coefficient (Wildman–Crippen LogP) is -0.363. The van der Waals surface area contributed by atoms with E-state index in [0.717, 1.165) is 19.3 Å². The lowest BCUT2D eigenvalue weighted by atomic mass is 10.0. The van der Waals surface area contributed by atoms with Gasteiger partial charge in [0.25, 0.3) is 0 Å². The minimum atomic E-state index is -0.600. The molecule has 2 amide bonds. The van der Waals surface area contributed by atoms with E-state index in [1.807, 2.05) is 0 Å². The van der Waals surface area contributed by atoms with Gasteiger partial charge in [0, 0.05) is 32.1 Å². The van der Waals surface area contributed by atoms with Crippen molar-refractivity contribution in [3.05, 3.63) is 22.4 Å². The summed E-state index contributed by atoms with van der Waals surface area (Å²) in [6, 6.07) is 1.19. The molecule has 0 aromatic carbocycles. The Hall–Kier alpha value is -2.49. The molecule has 0 bridgehead atoms. The van der Waals surface area contributed by atoms with Crippen LogP contribution in [0.15, 0.2) is 12.3 Å². The molecule has 2 rings (SSSR count). The van der Waals surface area contributed by atoms with Crippen LogP contribution in [0.2, 0.25) is 0 Å². The summed E-state index contributed by atoms with van der Waals surface area (Å²) >= 11 is 0. The maximum Gasteiger partial charge on any atom is 0.389 e. The number of hydrogen-bond acceptors (Lipinski definition) is 6. The average molecular weight is 338 g/mol. The van der Waals surface area contributed by atoms with Crippen LogP contribution in [0.4, 0.5) is 5.82 Å². The number of nitrogens with one attached hydrogen (secondary N) is 1. The molecule has 132 valence electrons. The molecule has 1 aromatic rings. The number of carbonyl (C=O) groups is 2. The third kappa shape index (κ3) is 4.75. The molecule has 0 spiro atoms. The van der Waals surface area contributed by atoms with Crippen LogP contribution in [-0.4, -0.2) is 57.1 Å². The van der Waals surface area contributed by atoms with Crippen molar-refractivity contribution in [2.24, 2.45) is 5.73 Å². The summed E-state index contributed by atoms with van der Waals surface area (Å²) in [5.74, 6) is -0.573. The molecule has 1 aliphatic rings. The van der Waals surface area contributed by atoms with Crippen molar-refractivity contribution in [1.29, 1.82) is 0 Å². The zero-order valence-electron chi connectivity index (χ0n) is 13.4. The zero-order valence-corrected chi connectivity index (χ0v) is 13.4. The molecule has 10 heteroatoms. The Morgan fingerprint density at radius 3 is 2.92 bits per heavy atom. The molecule has 1 aromatic heterocycles. The van der Waals surface area contributed by atoms with Gasteiger partial charge in [0.2, 0.25) is 11.8 Å². The number of hydrogen-bond donors (Lipinski definition) is 2. The lowest BCUT2D eigenvalue weighted by Gasteiger charge is -2.35. The standard InChI is InChI=1S/C14H22N6O4/c15-6-4-13(21)16-9-11-3-1-2-7-19(11)14(22)10-18-8-5-12(17-18)20(23)24/h5,8,11H,1-4,6-7,9-10,15H2,(H,16,21). The van der Waals surface area contributed by atoms with E-state index in [9.17, 15) is 19.7 Å². The van der Waals surface area contributed by atoms with E-state index in [1.54, 1.807) is 4.90 Å². The van der Waals surface area contributed by atoms with Gasteiger partial charge < -0.3 is 26.1 Å².